The van der Waals surface area contributed by atoms with Crippen LogP contribution in [0, 0.1) is 6.92 Å². The molecule has 0 unspecified atom stereocenters. The van der Waals surface area contributed by atoms with Gasteiger partial charge in [0.2, 0.25) is 0 Å². The molecule has 9 heteroatoms. The lowest BCUT2D eigenvalue weighted by atomic mass is 10.1. The van der Waals surface area contributed by atoms with Gasteiger partial charge in [-0.15, -0.1) is 11.3 Å². The third-order valence-corrected chi connectivity index (χ3v) is 5.68. The third-order valence-electron chi connectivity index (χ3n) is 4.88. The molecule has 1 aliphatic rings. The smallest absolute Gasteiger partial charge is 0.323 e. The summed E-state index contributed by atoms with van der Waals surface area (Å²) >= 11 is 1.47. The lowest BCUT2D eigenvalue weighted by molar-refractivity contribution is 0.208. The van der Waals surface area contributed by atoms with Crippen LogP contribution in [0.1, 0.15) is 5.56 Å². The van der Waals surface area contributed by atoms with Crippen molar-refractivity contribution in [2.75, 3.05) is 50.6 Å². The molecule has 0 aliphatic carbocycles. The van der Waals surface area contributed by atoms with Crippen LogP contribution in [0.2, 0.25) is 0 Å². The summed E-state index contributed by atoms with van der Waals surface area (Å²) in [5.41, 5.74) is 3.01. The number of aromatic nitrogens is 2. The first kappa shape index (κ1) is 19.3. The van der Waals surface area contributed by atoms with Crippen LogP contribution in [0.4, 0.5) is 16.3 Å². The molecule has 4 rings (SSSR count). The maximum atomic E-state index is 12.8. The first-order valence-electron chi connectivity index (χ1n) is 9.33. The minimum absolute atomic E-state index is 0.199. The number of hydrogen-bond donors (Lipinski definition) is 1. The van der Waals surface area contributed by atoms with Gasteiger partial charge in [-0.05, 0) is 36.1 Å². The van der Waals surface area contributed by atoms with Crippen molar-refractivity contribution in [1.29, 1.82) is 0 Å². The molecule has 3 heterocycles. The van der Waals surface area contributed by atoms with Crippen LogP contribution in [0.5, 0.6) is 11.6 Å². The molecule has 152 valence electrons. The number of nitrogens with zero attached hydrogens (tertiary/aromatic N) is 4. The average molecular weight is 414 g/mol. The number of thiophene rings is 1. The van der Waals surface area contributed by atoms with E-state index in [1.807, 2.05) is 23.6 Å². The van der Waals surface area contributed by atoms with Crippen molar-refractivity contribution < 1.29 is 14.3 Å². The lowest BCUT2D eigenvalue weighted by Crippen LogP contribution is -2.50. The quantitative estimate of drug-likeness (QED) is 0.706. The fourth-order valence-electron chi connectivity index (χ4n) is 3.38. The van der Waals surface area contributed by atoms with Crippen LogP contribution in [0.15, 0.2) is 29.6 Å². The Morgan fingerprint density at radius 2 is 1.90 bits per heavy atom. The van der Waals surface area contributed by atoms with Gasteiger partial charge in [-0.3, -0.25) is 5.32 Å². The number of nitrogens with one attached hydrogen (secondary N) is 1. The molecule has 8 nitrogen and oxygen atoms in total. The largest absolute Gasteiger partial charge is 0.497 e. The number of anilines is 2. The summed E-state index contributed by atoms with van der Waals surface area (Å²) in [5.74, 6) is 1.50. The number of carbonyl (C=O) groups is 1. The van der Waals surface area contributed by atoms with Gasteiger partial charge in [0.15, 0.2) is 5.82 Å². The third kappa shape index (κ3) is 4.04. The highest BCUT2D eigenvalue weighted by Crippen LogP contribution is 2.27. The SMILES string of the molecule is COc1cc(C)cc(N2CCN(C(=O)Nc3nc4sccc4nc3OC)CC2)c1. The Morgan fingerprint density at radius 3 is 2.62 bits per heavy atom. The Kier molecular flexibility index (Phi) is 5.39. The normalized spacial score (nSPS) is 14.2. The van der Waals surface area contributed by atoms with Gasteiger partial charge in [0, 0.05) is 37.9 Å². The zero-order valence-corrected chi connectivity index (χ0v) is 17.5. The van der Waals surface area contributed by atoms with E-state index in [1.54, 1.807) is 12.0 Å². The van der Waals surface area contributed by atoms with E-state index in [9.17, 15) is 4.79 Å². The van der Waals surface area contributed by atoms with Crippen LogP contribution in [-0.2, 0) is 0 Å². The maximum absolute atomic E-state index is 12.8. The Bertz CT molecular complexity index is 1030. The van der Waals surface area contributed by atoms with Crippen molar-refractivity contribution in [3.63, 3.8) is 0 Å². The summed E-state index contributed by atoms with van der Waals surface area (Å²) in [6.45, 7) is 4.76. The van der Waals surface area contributed by atoms with Gasteiger partial charge in [-0.1, -0.05) is 0 Å². The fraction of sp³-hybridized carbons (Fsp3) is 0.350. The number of benzene rings is 1. The van der Waals surface area contributed by atoms with Crippen molar-refractivity contribution in [2.45, 2.75) is 6.92 Å². The molecule has 0 saturated carbocycles. The van der Waals surface area contributed by atoms with E-state index in [2.05, 4.69) is 33.2 Å². The van der Waals surface area contributed by atoms with Gasteiger partial charge in [-0.2, -0.15) is 0 Å². The average Bonchev–Trinajstić information content (AvgIpc) is 3.20. The summed E-state index contributed by atoms with van der Waals surface area (Å²) < 4.78 is 10.7. The van der Waals surface area contributed by atoms with Crippen molar-refractivity contribution >= 4 is 39.2 Å². The predicted molar refractivity (Wildman–Crippen MR) is 115 cm³/mol. The molecule has 1 fully saturated rings. The molecule has 1 N–H and O–H groups in total. The number of aryl methyl sites for hydroxylation is 1. The summed E-state index contributed by atoms with van der Waals surface area (Å²) in [5, 5.41) is 4.76. The number of rotatable bonds is 4. The molecule has 2 aromatic heterocycles. The molecular weight excluding hydrogens is 390 g/mol. The number of carbonyl (C=O) groups excluding carboxylic acids is 1. The number of hydrogen-bond acceptors (Lipinski definition) is 7. The highest BCUT2D eigenvalue weighted by atomic mass is 32.1. The van der Waals surface area contributed by atoms with E-state index < -0.39 is 0 Å². The molecule has 0 spiro atoms. The zero-order valence-electron chi connectivity index (χ0n) is 16.6. The van der Waals surface area contributed by atoms with Gasteiger partial charge in [0.25, 0.3) is 5.88 Å². The summed E-state index contributed by atoms with van der Waals surface area (Å²) in [6.07, 6.45) is 0. The van der Waals surface area contributed by atoms with Gasteiger partial charge in [0.05, 0.1) is 14.2 Å². The topological polar surface area (TPSA) is 79.8 Å². The second kappa shape index (κ2) is 8.12. The molecule has 0 radical (unpaired) electrons. The molecule has 1 aromatic carbocycles. The number of urea groups is 1. The van der Waals surface area contributed by atoms with Crippen LogP contribution >= 0.6 is 11.3 Å². The number of fused-ring (bicyclic) bond motifs is 1. The van der Waals surface area contributed by atoms with Crippen molar-refractivity contribution in [2.24, 2.45) is 0 Å². The molecular formula is C20H23N5O3S. The van der Waals surface area contributed by atoms with Crippen LogP contribution < -0.4 is 19.7 Å². The van der Waals surface area contributed by atoms with E-state index in [4.69, 9.17) is 9.47 Å². The van der Waals surface area contributed by atoms with E-state index in [0.717, 1.165) is 40.4 Å². The van der Waals surface area contributed by atoms with Crippen molar-refractivity contribution in [3.8, 4) is 11.6 Å². The molecule has 2 amide bonds. The highest BCUT2D eigenvalue weighted by Gasteiger charge is 2.23. The summed E-state index contributed by atoms with van der Waals surface area (Å²) in [7, 11) is 3.19. The number of piperazine rings is 1. The zero-order chi connectivity index (χ0) is 20.4. The van der Waals surface area contributed by atoms with E-state index >= 15 is 0 Å². The van der Waals surface area contributed by atoms with E-state index in [0.29, 0.717) is 24.8 Å². The minimum atomic E-state index is -0.199. The standard InChI is InChI=1S/C20H23N5O3S/c1-13-10-14(12-15(11-13)27-2)24-5-7-25(8-6-24)20(26)23-17-18(28-3)21-16-4-9-29-19(16)22-17/h4,9-12H,5-8H2,1-3H3,(H,22,23,26). The van der Waals surface area contributed by atoms with E-state index in [1.165, 1.54) is 18.4 Å². The first-order valence-corrected chi connectivity index (χ1v) is 10.2. The van der Waals surface area contributed by atoms with Gasteiger partial charge >= 0.3 is 6.03 Å². The molecule has 1 saturated heterocycles. The molecule has 0 atom stereocenters. The minimum Gasteiger partial charge on any atom is -0.497 e. The predicted octanol–water partition coefficient (Wildman–Crippen LogP) is 3.37. The van der Waals surface area contributed by atoms with Crippen LogP contribution in [0.3, 0.4) is 0 Å². The fourth-order valence-corrected chi connectivity index (χ4v) is 4.08. The lowest BCUT2D eigenvalue weighted by Gasteiger charge is -2.36. The van der Waals surface area contributed by atoms with Gasteiger partial charge in [0.1, 0.15) is 16.1 Å². The molecule has 3 aromatic rings. The highest BCUT2D eigenvalue weighted by molar-refractivity contribution is 7.16. The van der Waals surface area contributed by atoms with Crippen LogP contribution in [0.25, 0.3) is 10.3 Å². The summed E-state index contributed by atoms with van der Waals surface area (Å²) in [4.78, 5) is 26.5. The number of ether oxygens (including phenoxy) is 2. The molecule has 29 heavy (non-hydrogen) atoms. The second-order valence-electron chi connectivity index (χ2n) is 6.81. The first-order chi connectivity index (χ1) is 14.1. The number of methoxy groups -OCH3 is 2. The second-order valence-corrected chi connectivity index (χ2v) is 7.70. The summed E-state index contributed by atoms with van der Waals surface area (Å²) in [6, 6.07) is 7.84. The Balaban J connectivity index is 1.42. The Hall–Kier alpha value is -3.07. The van der Waals surface area contributed by atoms with Gasteiger partial charge in [-0.25, -0.2) is 14.8 Å². The van der Waals surface area contributed by atoms with Crippen LogP contribution in [-0.4, -0.2) is 61.3 Å². The Morgan fingerprint density at radius 1 is 1.10 bits per heavy atom. The van der Waals surface area contributed by atoms with Crippen molar-refractivity contribution in [1.82, 2.24) is 14.9 Å². The molecule has 1 aliphatic heterocycles. The number of amides is 2. The van der Waals surface area contributed by atoms with E-state index in [-0.39, 0.29) is 6.03 Å². The molecule has 0 bridgehead atoms. The Labute approximate surface area is 173 Å². The maximum Gasteiger partial charge on any atom is 0.323 e. The van der Waals surface area contributed by atoms with Gasteiger partial charge < -0.3 is 19.3 Å². The monoisotopic (exact) mass is 413 g/mol. The van der Waals surface area contributed by atoms with Crippen molar-refractivity contribution in [3.05, 3.63) is 35.2 Å².